The molecule has 0 spiro atoms. The Bertz CT molecular complexity index is 1190. The first-order valence-electron chi connectivity index (χ1n) is 9.05. The Morgan fingerprint density at radius 2 is 2.00 bits per heavy atom. The molecule has 0 fully saturated rings. The minimum absolute atomic E-state index is 0.00838. The predicted octanol–water partition coefficient (Wildman–Crippen LogP) is 3.63. The van der Waals surface area contributed by atoms with E-state index in [1.54, 1.807) is 31.2 Å². The quantitative estimate of drug-likeness (QED) is 0.620. The van der Waals surface area contributed by atoms with E-state index in [1.165, 1.54) is 22.7 Å². The number of carboxylic acid groups (broad SMARTS) is 1. The summed E-state index contributed by atoms with van der Waals surface area (Å²) >= 11 is 5.82. The first kappa shape index (κ1) is 21.3. The molecule has 0 atom stereocenters. The zero-order valence-corrected chi connectivity index (χ0v) is 16.7. The van der Waals surface area contributed by atoms with Gasteiger partial charge in [-0.2, -0.15) is 0 Å². The number of amides is 1. The Labute approximate surface area is 175 Å². The molecule has 0 saturated heterocycles. The molecule has 0 aliphatic carbocycles. The van der Waals surface area contributed by atoms with Crippen molar-refractivity contribution in [2.45, 2.75) is 19.9 Å². The highest BCUT2D eigenvalue weighted by atomic mass is 35.5. The number of nitrogens with one attached hydrogen (secondary N) is 1. The lowest BCUT2D eigenvalue weighted by Gasteiger charge is -2.12. The SMILES string of the molecule is CCOC(=O)NCc1cc(C(=O)O)c(=O)n2cc(Cc3cccc(Cl)c3F)ccc12. The van der Waals surface area contributed by atoms with Crippen LogP contribution in [0.2, 0.25) is 5.02 Å². The van der Waals surface area contributed by atoms with E-state index in [-0.39, 0.29) is 24.6 Å². The van der Waals surface area contributed by atoms with Gasteiger partial charge in [-0.25, -0.2) is 14.0 Å². The summed E-state index contributed by atoms with van der Waals surface area (Å²) in [6, 6.07) is 9.18. The molecule has 30 heavy (non-hydrogen) atoms. The molecule has 0 aliphatic heterocycles. The van der Waals surface area contributed by atoms with Crippen LogP contribution in [0.1, 0.15) is 34.0 Å². The van der Waals surface area contributed by atoms with E-state index >= 15 is 0 Å². The van der Waals surface area contributed by atoms with E-state index < -0.39 is 29.0 Å². The number of hydrogen-bond acceptors (Lipinski definition) is 4. The lowest BCUT2D eigenvalue weighted by Crippen LogP contribution is -2.27. The van der Waals surface area contributed by atoms with E-state index in [9.17, 15) is 23.9 Å². The van der Waals surface area contributed by atoms with Gasteiger partial charge in [0.15, 0.2) is 0 Å². The third kappa shape index (κ3) is 4.44. The molecule has 0 aliphatic rings. The zero-order chi connectivity index (χ0) is 21.8. The zero-order valence-electron chi connectivity index (χ0n) is 15.9. The fourth-order valence-corrected chi connectivity index (χ4v) is 3.26. The van der Waals surface area contributed by atoms with E-state index in [4.69, 9.17) is 16.3 Å². The van der Waals surface area contributed by atoms with Crippen molar-refractivity contribution in [2.24, 2.45) is 0 Å². The summed E-state index contributed by atoms with van der Waals surface area (Å²) in [6.45, 7) is 1.81. The molecule has 0 unspecified atom stereocenters. The van der Waals surface area contributed by atoms with Crippen molar-refractivity contribution in [1.82, 2.24) is 9.72 Å². The standard InChI is InChI=1S/C21H18ClFN2O5/c1-2-30-21(29)24-10-14-9-15(20(27)28)19(26)25-11-12(6-7-17(14)25)8-13-4-3-5-16(22)18(13)23/h3-7,9,11H,2,8,10H2,1H3,(H,24,29)(H,27,28). The first-order chi connectivity index (χ1) is 14.3. The van der Waals surface area contributed by atoms with Gasteiger partial charge < -0.3 is 15.2 Å². The van der Waals surface area contributed by atoms with E-state index in [2.05, 4.69) is 5.32 Å². The highest BCUT2D eigenvalue weighted by Gasteiger charge is 2.16. The van der Waals surface area contributed by atoms with Crippen molar-refractivity contribution < 1.29 is 23.8 Å². The highest BCUT2D eigenvalue weighted by molar-refractivity contribution is 6.30. The van der Waals surface area contributed by atoms with Crippen molar-refractivity contribution in [3.8, 4) is 0 Å². The lowest BCUT2D eigenvalue weighted by molar-refractivity contribution is 0.0694. The van der Waals surface area contributed by atoms with Crippen LogP contribution in [0.3, 0.4) is 0 Å². The van der Waals surface area contributed by atoms with Crippen LogP contribution in [-0.4, -0.2) is 28.2 Å². The van der Waals surface area contributed by atoms with Crippen LogP contribution in [0.15, 0.2) is 47.4 Å². The number of halogens is 2. The molecule has 0 saturated carbocycles. The number of alkyl carbamates (subject to hydrolysis) is 1. The topological polar surface area (TPSA) is 97.1 Å². The van der Waals surface area contributed by atoms with E-state index in [1.807, 2.05) is 0 Å². The minimum atomic E-state index is -1.39. The average Bonchev–Trinajstić information content (AvgIpc) is 2.71. The number of hydrogen-bond donors (Lipinski definition) is 2. The molecular weight excluding hydrogens is 415 g/mol. The molecular formula is C21H18ClFN2O5. The molecule has 7 nitrogen and oxygen atoms in total. The fraction of sp³-hybridized carbons (Fsp3) is 0.190. The van der Waals surface area contributed by atoms with Gasteiger partial charge in [-0.15, -0.1) is 0 Å². The second-order valence-corrected chi connectivity index (χ2v) is 6.86. The number of aromatic nitrogens is 1. The molecule has 3 rings (SSSR count). The van der Waals surface area contributed by atoms with Gasteiger partial charge in [0.25, 0.3) is 5.56 Å². The van der Waals surface area contributed by atoms with Crippen molar-refractivity contribution >= 4 is 29.2 Å². The number of nitrogens with zero attached hydrogens (tertiary/aromatic N) is 1. The summed E-state index contributed by atoms with van der Waals surface area (Å²) < 4.78 is 20.2. The molecule has 1 amide bonds. The van der Waals surface area contributed by atoms with E-state index in [0.29, 0.717) is 22.2 Å². The second kappa shape index (κ2) is 8.96. The van der Waals surface area contributed by atoms with Crippen LogP contribution in [0.4, 0.5) is 9.18 Å². The summed E-state index contributed by atoms with van der Waals surface area (Å²) in [7, 11) is 0. The number of rotatable bonds is 6. The van der Waals surface area contributed by atoms with Crippen molar-refractivity contribution in [3.05, 3.63) is 86.0 Å². The first-order valence-corrected chi connectivity index (χ1v) is 9.43. The van der Waals surface area contributed by atoms with Crippen LogP contribution in [0.25, 0.3) is 5.52 Å². The second-order valence-electron chi connectivity index (χ2n) is 6.45. The maximum absolute atomic E-state index is 14.2. The Hall–Kier alpha value is -3.39. The minimum Gasteiger partial charge on any atom is -0.477 e. The van der Waals surface area contributed by atoms with Gasteiger partial charge in [-0.3, -0.25) is 9.20 Å². The van der Waals surface area contributed by atoms with Gasteiger partial charge in [0, 0.05) is 19.2 Å². The monoisotopic (exact) mass is 432 g/mol. The van der Waals surface area contributed by atoms with E-state index in [0.717, 1.165) is 0 Å². The molecule has 0 radical (unpaired) electrons. The molecule has 2 aromatic heterocycles. The van der Waals surface area contributed by atoms with Crippen molar-refractivity contribution in [2.75, 3.05) is 6.61 Å². The van der Waals surface area contributed by atoms with Crippen LogP contribution >= 0.6 is 11.6 Å². The smallest absolute Gasteiger partial charge is 0.407 e. The number of fused-ring (bicyclic) bond motifs is 1. The molecule has 2 heterocycles. The summed E-state index contributed by atoms with van der Waals surface area (Å²) in [5.74, 6) is -1.94. The normalized spacial score (nSPS) is 10.8. The van der Waals surface area contributed by atoms with Gasteiger partial charge >= 0.3 is 12.1 Å². The number of pyridine rings is 2. The van der Waals surface area contributed by atoms with Crippen LogP contribution in [0, 0.1) is 5.82 Å². The molecule has 2 N–H and O–H groups in total. The van der Waals surface area contributed by atoms with Gasteiger partial charge in [-0.05, 0) is 41.8 Å². The summed E-state index contributed by atoms with van der Waals surface area (Å²) in [5.41, 5.74) is 0.578. The maximum atomic E-state index is 14.2. The number of aromatic carboxylic acids is 1. The van der Waals surface area contributed by atoms with Gasteiger partial charge in [-0.1, -0.05) is 29.8 Å². The number of carbonyl (C=O) groups is 2. The van der Waals surface area contributed by atoms with Gasteiger partial charge in [0.1, 0.15) is 11.4 Å². The molecule has 156 valence electrons. The van der Waals surface area contributed by atoms with Crippen LogP contribution in [-0.2, 0) is 17.7 Å². The number of benzene rings is 1. The highest BCUT2D eigenvalue weighted by Crippen LogP contribution is 2.21. The maximum Gasteiger partial charge on any atom is 0.407 e. The molecule has 3 aromatic rings. The molecule has 1 aromatic carbocycles. The Morgan fingerprint density at radius 1 is 1.23 bits per heavy atom. The summed E-state index contributed by atoms with van der Waals surface area (Å²) in [6.07, 6.45) is 0.952. The molecule has 9 heteroatoms. The van der Waals surface area contributed by atoms with Crippen molar-refractivity contribution in [1.29, 1.82) is 0 Å². The van der Waals surface area contributed by atoms with Crippen molar-refractivity contribution in [3.63, 3.8) is 0 Å². The third-order valence-electron chi connectivity index (χ3n) is 4.46. The van der Waals surface area contributed by atoms with Crippen LogP contribution < -0.4 is 10.9 Å². The summed E-state index contributed by atoms with van der Waals surface area (Å²) in [4.78, 5) is 35.8. The van der Waals surface area contributed by atoms with Crippen LogP contribution in [0.5, 0.6) is 0 Å². The Kier molecular flexibility index (Phi) is 6.37. The van der Waals surface area contributed by atoms with Gasteiger partial charge in [0.2, 0.25) is 0 Å². The number of carboxylic acids is 1. The fourth-order valence-electron chi connectivity index (χ4n) is 3.07. The predicted molar refractivity (Wildman–Crippen MR) is 109 cm³/mol. The number of ether oxygens (including phenoxy) is 1. The molecule has 0 bridgehead atoms. The Morgan fingerprint density at radius 3 is 2.70 bits per heavy atom. The lowest BCUT2D eigenvalue weighted by atomic mass is 10.0. The third-order valence-corrected chi connectivity index (χ3v) is 4.75. The largest absolute Gasteiger partial charge is 0.477 e. The van der Waals surface area contributed by atoms with Gasteiger partial charge in [0.05, 0.1) is 17.1 Å². The average molecular weight is 433 g/mol. The summed E-state index contributed by atoms with van der Waals surface area (Å²) in [5, 5.41) is 11.9. The number of carbonyl (C=O) groups excluding carboxylic acids is 1. The Balaban J connectivity index is 2.05.